The molecule has 1 fully saturated rings. The minimum atomic E-state index is 0.436. The molecule has 0 aliphatic carbocycles. The molecule has 1 nitrogen and oxygen atoms in total. The standard InChI is InChI=1S/C17H17N/c1-2-14-13-18(16-11-7-4-8-12-16)17(14)15-9-5-3-6-10-15/h2-12,14,17H,1,13H2/t14-,17-/m1/s1. The van der Waals surface area contributed by atoms with E-state index in [4.69, 9.17) is 0 Å². The smallest absolute Gasteiger partial charge is 0.0622 e. The summed E-state index contributed by atoms with van der Waals surface area (Å²) >= 11 is 0. The van der Waals surface area contributed by atoms with Crippen LogP contribution >= 0.6 is 0 Å². The van der Waals surface area contributed by atoms with Gasteiger partial charge < -0.3 is 4.90 Å². The fourth-order valence-electron chi connectivity index (χ4n) is 2.70. The van der Waals surface area contributed by atoms with Crippen LogP contribution in [0.15, 0.2) is 73.3 Å². The van der Waals surface area contributed by atoms with Crippen LogP contribution in [0.3, 0.4) is 0 Å². The third kappa shape index (κ3) is 1.82. The number of anilines is 1. The van der Waals surface area contributed by atoms with Crippen LogP contribution in [0.1, 0.15) is 11.6 Å². The maximum Gasteiger partial charge on any atom is 0.0622 e. The molecule has 0 amide bonds. The fraction of sp³-hybridized carbons (Fsp3) is 0.176. The van der Waals surface area contributed by atoms with Crippen LogP contribution in [0.5, 0.6) is 0 Å². The van der Waals surface area contributed by atoms with E-state index in [1.807, 2.05) is 0 Å². The van der Waals surface area contributed by atoms with Crippen molar-refractivity contribution in [1.29, 1.82) is 0 Å². The van der Waals surface area contributed by atoms with Crippen LogP contribution in [-0.2, 0) is 0 Å². The summed E-state index contributed by atoms with van der Waals surface area (Å²) in [4.78, 5) is 2.45. The molecule has 1 aliphatic heterocycles. The second-order valence-electron chi connectivity index (χ2n) is 4.74. The molecule has 1 heterocycles. The summed E-state index contributed by atoms with van der Waals surface area (Å²) in [5.41, 5.74) is 2.67. The highest BCUT2D eigenvalue weighted by Crippen LogP contribution is 2.42. The van der Waals surface area contributed by atoms with Crippen LogP contribution in [-0.4, -0.2) is 6.54 Å². The average Bonchev–Trinajstić information content (AvgIpc) is 2.41. The molecular weight excluding hydrogens is 218 g/mol. The lowest BCUT2D eigenvalue weighted by Crippen LogP contribution is -2.48. The number of hydrogen-bond donors (Lipinski definition) is 0. The first-order chi connectivity index (χ1) is 8.90. The monoisotopic (exact) mass is 235 g/mol. The summed E-state index contributed by atoms with van der Waals surface area (Å²) in [6.07, 6.45) is 2.08. The molecule has 1 heteroatoms. The second kappa shape index (κ2) is 4.69. The van der Waals surface area contributed by atoms with Crippen LogP contribution < -0.4 is 4.90 Å². The van der Waals surface area contributed by atoms with Gasteiger partial charge in [0.2, 0.25) is 0 Å². The van der Waals surface area contributed by atoms with Crippen molar-refractivity contribution in [2.24, 2.45) is 5.92 Å². The molecule has 1 saturated heterocycles. The minimum absolute atomic E-state index is 0.436. The van der Waals surface area contributed by atoms with Crippen molar-refractivity contribution in [3.63, 3.8) is 0 Å². The van der Waals surface area contributed by atoms with Gasteiger partial charge in [0.25, 0.3) is 0 Å². The van der Waals surface area contributed by atoms with Gasteiger partial charge in [-0.2, -0.15) is 0 Å². The Labute approximate surface area is 108 Å². The van der Waals surface area contributed by atoms with E-state index in [2.05, 4.69) is 78.2 Å². The molecule has 0 saturated carbocycles. The Morgan fingerprint density at radius 3 is 2.17 bits per heavy atom. The molecule has 90 valence electrons. The molecule has 0 unspecified atom stereocenters. The maximum absolute atomic E-state index is 3.96. The van der Waals surface area contributed by atoms with Gasteiger partial charge in [0, 0.05) is 18.2 Å². The van der Waals surface area contributed by atoms with Crippen LogP contribution in [0.25, 0.3) is 0 Å². The summed E-state index contributed by atoms with van der Waals surface area (Å²) in [7, 11) is 0. The van der Waals surface area contributed by atoms with Gasteiger partial charge in [-0.15, -0.1) is 6.58 Å². The first kappa shape index (κ1) is 11.1. The third-order valence-electron chi connectivity index (χ3n) is 3.68. The summed E-state index contributed by atoms with van der Waals surface area (Å²) < 4.78 is 0. The quantitative estimate of drug-likeness (QED) is 0.725. The van der Waals surface area contributed by atoms with Crippen molar-refractivity contribution in [3.05, 3.63) is 78.9 Å². The third-order valence-corrected chi connectivity index (χ3v) is 3.68. The van der Waals surface area contributed by atoms with E-state index in [9.17, 15) is 0 Å². The van der Waals surface area contributed by atoms with Gasteiger partial charge in [0.05, 0.1) is 6.04 Å². The molecular formula is C17H17N. The van der Waals surface area contributed by atoms with Crippen molar-refractivity contribution in [3.8, 4) is 0 Å². The molecule has 0 aromatic heterocycles. The van der Waals surface area contributed by atoms with Gasteiger partial charge >= 0.3 is 0 Å². The lowest BCUT2D eigenvalue weighted by Gasteiger charge is -2.49. The van der Waals surface area contributed by atoms with Gasteiger partial charge in [-0.05, 0) is 17.7 Å². The molecule has 3 rings (SSSR count). The number of hydrogen-bond acceptors (Lipinski definition) is 1. The largest absolute Gasteiger partial charge is 0.363 e. The van der Waals surface area contributed by atoms with E-state index in [0.29, 0.717) is 12.0 Å². The van der Waals surface area contributed by atoms with E-state index in [1.54, 1.807) is 0 Å². The Morgan fingerprint density at radius 1 is 0.944 bits per heavy atom. The lowest BCUT2D eigenvalue weighted by molar-refractivity contribution is 0.363. The van der Waals surface area contributed by atoms with Gasteiger partial charge in [-0.25, -0.2) is 0 Å². The molecule has 1 aliphatic rings. The van der Waals surface area contributed by atoms with E-state index in [0.717, 1.165) is 6.54 Å². The molecule has 0 spiro atoms. The van der Waals surface area contributed by atoms with Crippen LogP contribution in [0.2, 0.25) is 0 Å². The molecule has 0 radical (unpaired) electrons. The number of rotatable bonds is 3. The van der Waals surface area contributed by atoms with Gasteiger partial charge in [0.15, 0.2) is 0 Å². The Morgan fingerprint density at radius 2 is 1.56 bits per heavy atom. The van der Waals surface area contributed by atoms with Gasteiger partial charge in [0.1, 0.15) is 0 Å². The normalized spacial score (nSPS) is 22.3. The zero-order valence-electron chi connectivity index (χ0n) is 10.4. The molecule has 0 N–H and O–H groups in total. The first-order valence-electron chi connectivity index (χ1n) is 6.39. The highest BCUT2D eigenvalue weighted by atomic mass is 15.2. The number of nitrogens with zero attached hydrogens (tertiary/aromatic N) is 1. The van der Waals surface area contributed by atoms with Crippen molar-refractivity contribution in [2.75, 3.05) is 11.4 Å². The summed E-state index contributed by atoms with van der Waals surface area (Å²) in [6.45, 7) is 5.02. The Kier molecular flexibility index (Phi) is 2.89. The SMILES string of the molecule is C=C[C@@H]1CN(c2ccccc2)[C@H]1c1ccccc1. The molecule has 2 atom stereocenters. The number of para-hydroxylation sites is 1. The van der Waals surface area contributed by atoms with Crippen molar-refractivity contribution in [1.82, 2.24) is 0 Å². The molecule has 2 aromatic carbocycles. The highest BCUT2D eigenvalue weighted by molar-refractivity contribution is 5.53. The van der Waals surface area contributed by atoms with Crippen LogP contribution in [0.4, 0.5) is 5.69 Å². The lowest BCUT2D eigenvalue weighted by atomic mass is 9.83. The number of benzene rings is 2. The Hall–Kier alpha value is -2.02. The fourth-order valence-corrected chi connectivity index (χ4v) is 2.70. The topological polar surface area (TPSA) is 3.24 Å². The zero-order valence-corrected chi connectivity index (χ0v) is 10.4. The predicted molar refractivity (Wildman–Crippen MR) is 76.7 cm³/mol. The minimum Gasteiger partial charge on any atom is -0.363 e. The average molecular weight is 235 g/mol. The van der Waals surface area contributed by atoms with E-state index in [1.165, 1.54) is 11.3 Å². The Bertz CT molecular complexity index is 518. The molecule has 18 heavy (non-hydrogen) atoms. The van der Waals surface area contributed by atoms with Crippen LogP contribution in [0, 0.1) is 5.92 Å². The molecule has 0 bridgehead atoms. The summed E-state index contributed by atoms with van der Waals surface area (Å²) in [6, 6.07) is 21.7. The van der Waals surface area contributed by atoms with Crippen molar-refractivity contribution < 1.29 is 0 Å². The summed E-state index contributed by atoms with van der Waals surface area (Å²) in [5, 5.41) is 0. The zero-order chi connectivity index (χ0) is 12.4. The van der Waals surface area contributed by atoms with E-state index < -0.39 is 0 Å². The predicted octanol–water partition coefficient (Wildman–Crippen LogP) is 4.05. The Balaban J connectivity index is 1.92. The summed E-state index contributed by atoms with van der Waals surface area (Å²) in [5.74, 6) is 0.549. The van der Waals surface area contributed by atoms with Gasteiger partial charge in [-0.1, -0.05) is 54.6 Å². The maximum atomic E-state index is 3.96. The second-order valence-corrected chi connectivity index (χ2v) is 4.74. The van der Waals surface area contributed by atoms with Gasteiger partial charge in [-0.3, -0.25) is 0 Å². The van der Waals surface area contributed by atoms with E-state index in [-0.39, 0.29) is 0 Å². The first-order valence-corrected chi connectivity index (χ1v) is 6.39. The van der Waals surface area contributed by atoms with E-state index >= 15 is 0 Å². The molecule has 2 aromatic rings. The van der Waals surface area contributed by atoms with Crippen molar-refractivity contribution in [2.45, 2.75) is 6.04 Å². The highest BCUT2D eigenvalue weighted by Gasteiger charge is 2.37. The van der Waals surface area contributed by atoms with Crippen molar-refractivity contribution >= 4 is 5.69 Å².